The molecule has 1 aromatic heterocycles. The van der Waals surface area contributed by atoms with Crippen LogP contribution in [0.15, 0.2) is 0 Å². The summed E-state index contributed by atoms with van der Waals surface area (Å²) < 4.78 is 10.1. The van der Waals surface area contributed by atoms with Crippen LogP contribution in [0.4, 0.5) is 10.7 Å². The van der Waals surface area contributed by atoms with Crippen LogP contribution in [0.5, 0.6) is 10.8 Å². The van der Waals surface area contributed by atoms with E-state index in [1.807, 2.05) is 0 Å². The van der Waals surface area contributed by atoms with Gasteiger partial charge in [0.25, 0.3) is 0 Å². The number of nitrogen functional groups attached to an aromatic ring is 2. The van der Waals surface area contributed by atoms with Gasteiger partial charge in [-0.1, -0.05) is 11.3 Å². The second-order valence-electron chi connectivity index (χ2n) is 1.90. The van der Waals surface area contributed by atoms with Crippen molar-refractivity contribution in [3.8, 4) is 10.8 Å². The highest BCUT2D eigenvalue weighted by Crippen LogP contribution is 2.48. The third-order valence-electron chi connectivity index (χ3n) is 1.29. The molecule has 0 aromatic carbocycles. The van der Waals surface area contributed by atoms with E-state index in [4.69, 9.17) is 20.9 Å². The molecular weight excluding hydrogens is 152 g/mol. The van der Waals surface area contributed by atoms with Crippen molar-refractivity contribution in [2.45, 2.75) is 0 Å². The minimum Gasteiger partial charge on any atom is -0.450 e. The van der Waals surface area contributed by atoms with E-state index in [9.17, 15) is 0 Å². The third kappa shape index (κ3) is 0.550. The Labute approximate surface area is 61.3 Å². The first kappa shape index (κ1) is 5.67. The Kier molecular flexibility index (Phi) is 0.960. The molecule has 0 atom stereocenters. The first-order valence-corrected chi connectivity index (χ1v) is 3.54. The summed E-state index contributed by atoms with van der Waals surface area (Å²) in [6.45, 7) is 0.256. The van der Waals surface area contributed by atoms with Crippen LogP contribution < -0.4 is 20.9 Å². The van der Waals surface area contributed by atoms with Gasteiger partial charge in [0.05, 0.1) is 0 Å². The normalized spacial score (nSPS) is 14.0. The molecule has 0 fully saturated rings. The van der Waals surface area contributed by atoms with E-state index in [1.54, 1.807) is 0 Å². The Morgan fingerprint density at radius 2 is 2.10 bits per heavy atom. The topological polar surface area (TPSA) is 70.5 Å². The van der Waals surface area contributed by atoms with Crippen LogP contribution in [-0.2, 0) is 0 Å². The van der Waals surface area contributed by atoms with E-state index in [0.29, 0.717) is 21.5 Å². The number of fused-ring (bicyclic) bond motifs is 1. The zero-order valence-electron chi connectivity index (χ0n) is 5.09. The van der Waals surface area contributed by atoms with E-state index >= 15 is 0 Å². The standard InChI is InChI=1S/C5H6N2O2S/c6-2-3-5(9-1-8-3)10-4(2)7/h1,6-7H2. The molecule has 1 aromatic rings. The van der Waals surface area contributed by atoms with Gasteiger partial charge in [0.15, 0.2) is 0 Å². The molecule has 0 aliphatic carbocycles. The Hall–Kier alpha value is -1.10. The largest absolute Gasteiger partial charge is 0.450 e. The van der Waals surface area contributed by atoms with Gasteiger partial charge in [0.2, 0.25) is 17.6 Å². The molecule has 4 nitrogen and oxygen atoms in total. The predicted molar refractivity (Wildman–Crippen MR) is 39.3 cm³/mol. The van der Waals surface area contributed by atoms with Gasteiger partial charge >= 0.3 is 0 Å². The fourth-order valence-electron chi connectivity index (χ4n) is 0.797. The van der Waals surface area contributed by atoms with Crippen LogP contribution in [0.25, 0.3) is 0 Å². The maximum Gasteiger partial charge on any atom is 0.232 e. The minimum absolute atomic E-state index is 0.256. The third-order valence-corrected chi connectivity index (χ3v) is 2.22. The van der Waals surface area contributed by atoms with Crippen molar-refractivity contribution in [1.29, 1.82) is 0 Å². The van der Waals surface area contributed by atoms with Gasteiger partial charge in [-0.3, -0.25) is 0 Å². The van der Waals surface area contributed by atoms with Gasteiger partial charge in [0, 0.05) is 0 Å². The quantitative estimate of drug-likeness (QED) is 0.581. The van der Waals surface area contributed by atoms with Crippen LogP contribution in [0, 0.1) is 0 Å². The number of ether oxygens (including phenoxy) is 2. The number of nitrogens with two attached hydrogens (primary N) is 2. The summed E-state index contributed by atoms with van der Waals surface area (Å²) in [5.41, 5.74) is 11.5. The molecule has 4 N–H and O–H groups in total. The first-order chi connectivity index (χ1) is 4.79. The first-order valence-electron chi connectivity index (χ1n) is 2.72. The average molecular weight is 158 g/mol. The molecule has 1 aliphatic rings. The van der Waals surface area contributed by atoms with Gasteiger partial charge in [-0.05, 0) is 0 Å². The molecule has 0 saturated heterocycles. The summed E-state index contributed by atoms with van der Waals surface area (Å²) in [4.78, 5) is 0. The van der Waals surface area contributed by atoms with Gasteiger partial charge in [-0.2, -0.15) is 0 Å². The van der Waals surface area contributed by atoms with E-state index in [1.165, 1.54) is 11.3 Å². The number of thiophene rings is 1. The van der Waals surface area contributed by atoms with Crippen molar-refractivity contribution in [2.24, 2.45) is 0 Å². The van der Waals surface area contributed by atoms with E-state index in [2.05, 4.69) is 0 Å². The predicted octanol–water partition coefficient (Wildman–Crippen LogP) is 0.641. The molecule has 1 aliphatic heterocycles. The molecule has 2 rings (SSSR count). The summed E-state index contributed by atoms with van der Waals surface area (Å²) in [6.07, 6.45) is 0. The molecule has 5 heteroatoms. The maximum atomic E-state index is 5.53. The molecule has 0 bridgehead atoms. The molecule has 0 unspecified atom stereocenters. The monoisotopic (exact) mass is 158 g/mol. The summed E-state index contributed by atoms with van der Waals surface area (Å²) in [5.74, 6) is 0.600. The van der Waals surface area contributed by atoms with Crippen LogP contribution in [0.2, 0.25) is 0 Å². The van der Waals surface area contributed by atoms with Crippen molar-refractivity contribution in [2.75, 3.05) is 18.3 Å². The average Bonchev–Trinajstić information content (AvgIpc) is 2.41. The summed E-state index contributed by atoms with van der Waals surface area (Å²) in [7, 11) is 0. The number of rotatable bonds is 0. The van der Waals surface area contributed by atoms with Gasteiger partial charge in [0.1, 0.15) is 10.7 Å². The smallest absolute Gasteiger partial charge is 0.232 e. The van der Waals surface area contributed by atoms with Crippen LogP contribution in [0.3, 0.4) is 0 Å². The Balaban J connectivity index is 2.59. The van der Waals surface area contributed by atoms with Crippen LogP contribution in [-0.4, -0.2) is 6.79 Å². The zero-order chi connectivity index (χ0) is 7.14. The number of hydrogen-bond acceptors (Lipinski definition) is 5. The summed E-state index contributed by atoms with van der Waals surface area (Å²) in [6, 6.07) is 0. The van der Waals surface area contributed by atoms with Crippen molar-refractivity contribution < 1.29 is 9.47 Å². The highest BCUT2D eigenvalue weighted by atomic mass is 32.1. The van der Waals surface area contributed by atoms with Crippen LogP contribution >= 0.6 is 11.3 Å². The molecule has 10 heavy (non-hydrogen) atoms. The lowest BCUT2D eigenvalue weighted by Crippen LogP contribution is -1.97. The Bertz CT molecular complexity index is 271. The highest BCUT2D eigenvalue weighted by Gasteiger charge is 2.21. The molecular formula is C5H6N2O2S. The van der Waals surface area contributed by atoms with E-state index in [-0.39, 0.29) is 6.79 Å². The van der Waals surface area contributed by atoms with Crippen molar-refractivity contribution in [1.82, 2.24) is 0 Å². The fraction of sp³-hybridized carbons (Fsp3) is 0.200. The Morgan fingerprint density at radius 3 is 2.80 bits per heavy atom. The second-order valence-corrected chi connectivity index (χ2v) is 2.92. The SMILES string of the molecule is Nc1sc2c(c1N)OCO2. The lowest BCUT2D eigenvalue weighted by molar-refractivity contribution is 0.176. The molecule has 0 amide bonds. The van der Waals surface area contributed by atoms with Gasteiger partial charge in [-0.15, -0.1) is 0 Å². The molecule has 54 valence electrons. The molecule has 0 spiro atoms. The molecule has 0 radical (unpaired) electrons. The molecule has 0 saturated carbocycles. The van der Waals surface area contributed by atoms with E-state index < -0.39 is 0 Å². The zero-order valence-corrected chi connectivity index (χ0v) is 5.90. The van der Waals surface area contributed by atoms with Crippen molar-refractivity contribution in [3.05, 3.63) is 0 Å². The maximum absolute atomic E-state index is 5.53. The van der Waals surface area contributed by atoms with Gasteiger partial charge in [-0.25, -0.2) is 0 Å². The number of anilines is 2. The molecule has 2 heterocycles. The second kappa shape index (κ2) is 1.69. The van der Waals surface area contributed by atoms with E-state index in [0.717, 1.165) is 0 Å². The summed E-state index contributed by atoms with van der Waals surface area (Å²) >= 11 is 1.31. The van der Waals surface area contributed by atoms with Crippen molar-refractivity contribution in [3.63, 3.8) is 0 Å². The summed E-state index contributed by atoms with van der Waals surface area (Å²) in [5, 5.41) is 1.25. The fourth-order valence-corrected chi connectivity index (χ4v) is 1.57. The van der Waals surface area contributed by atoms with Crippen molar-refractivity contribution >= 4 is 22.0 Å². The van der Waals surface area contributed by atoms with Gasteiger partial charge < -0.3 is 20.9 Å². The lowest BCUT2D eigenvalue weighted by atomic mass is 10.5. The Morgan fingerprint density at radius 1 is 1.30 bits per heavy atom. The minimum atomic E-state index is 0.256. The lowest BCUT2D eigenvalue weighted by Gasteiger charge is -1.93. The number of hydrogen-bond donors (Lipinski definition) is 2. The van der Waals surface area contributed by atoms with Crippen LogP contribution in [0.1, 0.15) is 0 Å². The highest BCUT2D eigenvalue weighted by molar-refractivity contribution is 7.18.